The molecule has 0 fully saturated rings. The molecule has 0 unspecified atom stereocenters. The first-order valence-corrected chi connectivity index (χ1v) is 8.49. The van der Waals surface area contributed by atoms with Crippen LogP contribution in [0, 0.1) is 0 Å². The van der Waals surface area contributed by atoms with Crippen molar-refractivity contribution >= 4 is 27.8 Å². The van der Waals surface area contributed by atoms with E-state index in [1.165, 1.54) is 6.07 Å². The SMILES string of the molecule is CC(C)(C)OC(=O)CNC(=O)c1ccc(COc2ccc(Br)cc2)o1. The van der Waals surface area contributed by atoms with Crippen LogP contribution < -0.4 is 10.1 Å². The molecule has 6 nitrogen and oxygen atoms in total. The molecule has 1 aromatic carbocycles. The van der Waals surface area contributed by atoms with E-state index >= 15 is 0 Å². The summed E-state index contributed by atoms with van der Waals surface area (Å²) in [6, 6.07) is 10.6. The van der Waals surface area contributed by atoms with Crippen molar-refractivity contribution in [2.75, 3.05) is 6.54 Å². The van der Waals surface area contributed by atoms with Crippen molar-refractivity contribution in [3.63, 3.8) is 0 Å². The molecule has 1 N–H and O–H groups in total. The van der Waals surface area contributed by atoms with Gasteiger partial charge in [0.05, 0.1) is 0 Å². The van der Waals surface area contributed by atoms with E-state index in [1.54, 1.807) is 26.8 Å². The maximum atomic E-state index is 12.0. The van der Waals surface area contributed by atoms with E-state index in [-0.39, 0.29) is 18.9 Å². The van der Waals surface area contributed by atoms with Crippen molar-refractivity contribution in [2.24, 2.45) is 0 Å². The first-order chi connectivity index (χ1) is 11.7. The molecular formula is C18H20BrNO5. The molecule has 0 spiro atoms. The highest BCUT2D eigenvalue weighted by molar-refractivity contribution is 9.10. The van der Waals surface area contributed by atoms with Gasteiger partial charge in [0.2, 0.25) is 0 Å². The fraction of sp³-hybridized carbons (Fsp3) is 0.333. The molecule has 0 saturated carbocycles. The Kier molecular flexibility index (Phi) is 6.25. The number of rotatable bonds is 6. The Balaban J connectivity index is 1.82. The number of carbonyl (C=O) groups excluding carboxylic acids is 2. The van der Waals surface area contributed by atoms with Crippen LogP contribution in [0.2, 0.25) is 0 Å². The van der Waals surface area contributed by atoms with Gasteiger partial charge >= 0.3 is 5.97 Å². The summed E-state index contributed by atoms with van der Waals surface area (Å²) in [5, 5.41) is 2.46. The maximum absolute atomic E-state index is 12.0. The molecular weight excluding hydrogens is 390 g/mol. The zero-order chi connectivity index (χ0) is 18.4. The normalized spacial score (nSPS) is 11.0. The van der Waals surface area contributed by atoms with Crippen LogP contribution in [0.5, 0.6) is 5.75 Å². The van der Waals surface area contributed by atoms with Crippen LogP contribution in [-0.2, 0) is 16.1 Å². The van der Waals surface area contributed by atoms with Gasteiger partial charge in [0, 0.05) is 4.47 Å². The summed E-state index contributed by atoms with van der Waals surface area (Å²) in [4.78, 5) is 23.6. The summed E-state index contributed by atoms with van der Waals surface area (Å²) >= 11 is 3.35. The molecule has 0 saturated heterocycles. The predicted octanol–water partition coefficient (Wildman–Crippen LogP) is 3.69. The predicted molar refractivity (Wildman–Crippen MR) is 95.4 cm³/mol. The molecule has 0 atom stereocenters. The minimum atomic E-state index is -0.593. The Bertz CT molecular complexity index is 731. The van der Waals surface area contributed by atoms with Crippen LogP contribution in [0.1, 0.15) is 37.1 Å². The number of amides is 1. The van der Waals surface area contributed by atoms with E-state index in [0.717, 1.165) is 4.47 Å². The standard InChI is InChI=1S/C18H20BrNO5/c1-18(2,3)25-16(21)10-20-17(22)15-9-8-14(24-15)11-23-13-6-4-12(19)5-7-13/h4-9H,10-11H2,1-3H3,(H,20,22). The lowest BCUT2D eigenvalue weighted by Gasteiger charge is -2.19. The fourth-order valence-corrected chi connectivity index (χ4v) is 2.14. The quantitative estimate of drug-likeness (QED) is 0.735. The molecule has 1 amide bonds. The van der Waals surface area contributed by atoms with E-state index in [9.17, 15) is 9.59 Å². The van der Waals surface area contributed by atoms with Crippen molar-refractivity contribution in [1.29, 1.82) is 0 Å². The first-order valence-electron chi connectivity index (χ1n) is 7.70. The maximum Gasteiger partial charge on any atom is 0.325 e. The van der Waals surface area contributed by atoms with E-state index < -0.39 is 17.5 Å². The lowest BCUT2D eigenvalue weighted by molar-refractivity contribution is -0.153. The molecule has 134 valence electrons. The van der Waals surface area contributed by atoms with Gasteiger partial charge in [-0.1, -0.05) is 15.9 Å². The zero-order valence-corrected chi connectivity index (χ0v) is 15.9. The van der Waals surface area contributed by atoms with Crippen LogP contribution >= 0.6 is 15.9 Å². The van der Waals surface area contributed by atoms with Gasteiger partial charge in [-0.25, -0.2) is 0 Å². The number of nitrogens with one attached hydrogen (secondary N) is 1. The van der Waals surface area contributed by atoms with Crippen LogP contribution in [0.3, 0.4) is 0 Å². The second-order valence-corrected chi connectivity index (χ2v) is 7.19. The minimum absolute atomic E-state index is 0.109. The van der Waals surface area contributed by atoms with E-state index in [1.807, 2.05) is 24.3 Å². The number of hydrogen-bond acceptors (Lipinski definition) is 5. The number of benzene rings is 1. The monoisotopic (exact) mass is 409 g/mol. The van der Waals surface area contributed by atoms with Gasteiger partial charge in [0.1, 0.15) is 30.3 Å². The summed E-state index contributed by atoms with van der Waals surface area (Å²) in [6.45, 7) is 5.26. The third-order valence-electron chi connectivity index (χ3n) is 2.89. The highest BCUT2D eigenvalue weighted by Crippen LogP contribution is 2.18. The minimum Gasteiger partial charge on any atom is -0.486 e. The van der Waals surface area contributed by atoms with Gasteiger partial charge in [-0.2, -0.15) is 0 Å². The highest BCUT2D eigenvalue weighted by Gasteiger charge is 2.18. The average Bonchev–Trinajstić information content (AvgIpc) is 2.99. The lowest BCUT2D eigenvalue weighted by atomic mass is 10.2. The second-order valence-electron chi connectivity index (χ2n) is 6.28. The van der Waals surface area contributed by atoms with Gasteiger partial charge in [0.15, 0.2) is 5.76 Å². The topological polar surface area (TPSA) is 77.8 Å². The average molecular weight is 410 g/mol. The first kappa shape index (κ1) is 19.1. The van der Waals surface area contributed by atoms with Crippen LogP contribution in [-0.4, -0.2) is 24.0 Å². The summed E-state index contributed by atoms with van der Waals surface area (Å²) < 4.78 is 17.1. The number of halogens is 1. The third kappa shape index (κ3) is 6.62. The van der Waals surface area contributed by atoms with Crippen molar-refractivity contribution in [2.45, 2.75) is 33.0 Å². The van der Waals surface area contributed by atoms with Crippen molar-refractivity contribution in [1.82, 2.24) is 5.32 Å². The highest BCUT2D eigenvalue weighted by atomic mass is 79.9. The molecule has 0 bridgehead atoms. The van der Waals surface area contributed by atoms with Crippen molar-refractivity contribution in [3.05, 3.63) is 52.4 Å². The van der Waals surface area contributed by atoms with Crippen LogP contribution in [0.15, 0.2) is 45.3 Å². The Morgan fingerprint density at radius 3 is 2.44 bits per heavy atom. The van der Waals surface area contributed by atoms with E-state index in [4.69, 9.17) is 13.9 Å². The Hall–Kier alpha value is -2.28. The number of ether oxygens (including phenoxy) is 2. The Morgan fingerprint density at radius 1 is 1.12 bits per heavy atom. The lowest BCUT2D eigenvalue weighted by Crippen LogP contribution is -2.34. The molecule has 2 aromatic rings. The molecule has 0 aliphatic carbocycles. The summed E-state index contributed by atoms with van der Waals surface area (Å²) in [6.07, 6.45) is 0. The van der Waals surface area contributed by atoms with Gasteiger partial charge < -0.3 is 19.2 Å². The number of carbonyl (C=O) groups is 2. The van der Waals surface area contributed by atoms with Gasteiger partial charge in [-0.15, -0.1) is 0 Å². The number of hydrogen-bond donors (Lipinski definition) is 1. The fourth-order valence-electron chi connectivity index (χ4n) is 1.88. The van der Waals surface area contributed by atoms with Crippen molar-refractivity contribution in [3.8, 4) is 5.75 Å². The zero-order valence-electron chi connectivity index (χ0n) is 14.3. The summed E-state index contributed by atoms with van der Waals surface area (Å²) in [7, 11) is 0. The summed E-state index contributed by atoms with van der Waals surface area (Å²) in [5.41, 5.74) is -0.593. The van der Waals surface area contributed by atoms with Gasteiger partial charge in [0.25, 0.3) is 5.91 Å². The molecule has 1 aromatic heterocycles. The van der Waals surface area contributed by atoms with E-state index in [0.29, 0.717) is 11.5 Å². The summed E-state index contributed by atoms with van der Waals surface area (Å²) in [5.74, 6) is 0.311. The van der Waals surface area contributed by atoms with Gasteiger partial charge in [-0.05, 0) is 57.2 Å². The smallest absolute Gasteiger partial charge is 0.325 e. The van der Waals surface area contributed by atoms with E-state index in [2.05, 4.69) is 21.2 Å². The molecule has 7 heteroatoms. The molecule has 2 rings (SSSR count). The molecule has 1 heterocycles. The Morgan fingerprint density at radius 2 is 1.80 bits per heavy atom. The molecule has 0 aliphatic rings. The molecule has 0 aliphatic heterocycles. The largest absolute Gasteiger partial charge is 0.486 e. The van der Waals surface area contributed by atoms with Gasteiger partial charge in [-0.3, -0.25) is 9.59 Å². The number of furan rings is 1. The van der Waals surface area contributed by atoms with Crippen LogP contribution in [0.4, 0.5) is 0 Å². The van der Waals surface area contributed by atoms with Crippen molar-refractivity contribution < 1.29 is 23.5 Å². The molecule has 25 heavy (non-hydrogen) atoms. The number of esters is 1. The van der Waals surface area contributed by atoms with Crippen LogP contribution in [0.25, 0.3) is 0 Å². The molecule has 0 radical (unpaired) electrons. The third-order valence-corrected chi connectivity index (χ3v) is 3.42. The second kappa shape index (κ2) is 8.20. The Labute approximate surface area is 154 Å².